The van der Waals surface area contributed by atoms with Gasteiger partial charge in [-0.1, -0.05) is 30.7 Å². The summed E-state index contributed by atoms with van der Waals surface area (Å²) in [6.45, 7) is 3.11. The molecule has 1 saturated heterocycles. The Balaban J connectivity index is 2.05. The largest absolute Gasteiger partial charge is 0.390 e. The van der Waals surface area contributed by atoms with Crippen LogP contribution in [0.15, 0.2) is 52.2 Å². The van der Waals surface area contributed by atoms with Gasteiger partial charge in [0.15, 0.2) is 0 Å². The van der Waals surface area contributed by atoms with E-state index in [1.165, 1.54) is 34.7 Å². The van der Waals surface area contributed by atoms with Gasteiger partial charge in [-0.05, 0) is 58.7 Å². The van der Waals surface area contributed by atoms with Gasteiger partial charge in [0.25, 0.3) is 0 Å². The number of rotatable bonds is 4. The van der Waals surface area contributed by atoms with Gasteiger partial charge in [-0.3, -0.25) is 0 Å². The summed E-state index contributed by atoms with van der Waals surface area (Å²) in [6, 6.07) is 10.0. The lowest BCUT2D eigenvalue weighted by Crippen LogP contribution is -2.33. The monoisotopic (exact) mass is 541 g/mol. The van der Waals surface area contributed by atoms with Crippen LogP contribution < -0.4 is 0 Å². The van der Waals surface area contributed by atoms with E-state index in [1.54, 1.807) is 12.1 Å². The Morgan fingerprint density at radius 1 is 1.25 bits per heavy atom. The van der Waals surface area contributed by atoms with Gasteiger partial charge in [0.1, 0.15) is 0 Å². The van der Waals surface area contributed by atoms with Gasteiger partial charge in [-0.2, -0.15) is 17.5 Å². The zero-order valence-electron chi connectivity index (χ0n) is 15.3. The summed E-state index contributed by atoms with van der Waals surface area (Å²) in [4.78, 5) is 0.943. The molecule has 1 aliphatic heterocycles. The number of nitrogens with zero attached hydrogens (tertiary/aromatic N) is 1. The zero-order chi connectivity index (χ0) is 20.7. The molecule has 3 rings (SSSR count). The van der Waals surface area contributed by atoms with Crippen molar-refractivity contribution in [1.82, 2.24) is 4.31 Å². The Hall–Kier alpha value is -0.910. The Labute approximate surface area is 180 Å². The molecular weight excluding hydrogens is 522 g/mol. The lowest BCUT2D eigenvalue weighted by Gasteiger charge is -2.28. The SMILES string of the molecule is Cc1ccc(S(=O)(=O)N2C/C(=C(\I)c3cccs3)[C@@](C)(CC(F)(F)F)C2)cc1. The molecular formula is C19H19F3INO2S2. The topological polar surface area (TPSA) is 37.4 Å². The zero-order valence-corrected chi connectivity index (χ0v) is 19.0. The van der Waals surface area contributed by atoms with Crippen LogP contribution in [0.25, 0.3) is 3.58 Å². The molecule has 9 heteroatoms. The Morgan fingerprint density at radius 2 is 1.89 bits per heavy atom. The van der Waals surface area contributed by atoms with Crippen LogP contribution in [0.5, 0.6) is 0 Å². The molecule has 0 radical (unpaired) electrons. The third kappa shape index (κ3) is 4.47. The van der Waals surface area contributed by atoms with Crippen LogP contribution in [-0.2, 0) is 10.0 Å². The summed E-state index contributed by atoms with van der Waals surface area (Å²) in [5.41, 5.74) is 0.120. The van der Waals surface area contributed by atoms with E-state index in [1.807, 2.05) is 47.0 Å². The van der Waals surface area contributed by atoms with Gasteiger partial charge in [0.2, 0.25) is 10.0 Å². The number of sulfonamides is 1. The highest BCUT2D eigenvalue weighted by atomic mass is 127. The van der Waals surface area contributed by atoms with Gasteiger partial charge >= 0.3 is 6.18 Å². The maximum absolute atomic E-state index is 13.3. The van der Waals surface area contributed by atoms with Crippen molar-refractivity contribution in [2.24, 2.45) is 5.41 Å². The number of halogens is 4. The molecule has 2 aromatic rings. The Kier molecular flexibility index (Phi) is 6.02. The van der Waals surface area contributed by atoms with E-state index in [4.69, 9.17) is 0 Å². The van der Waals surface area contributed by atoms with Crippen LogP contribution in [0, 0.1) is 12.3 Å². The summed E-state index contributed by atoms with van der Waals surface area (Å²) in [5, 5.41) is 1.85. The highest BCUT2D eigenvalue weighted by molar-refractivity contribution is 14.1. The summed E-state index contributed by atoms with van der Waals surface area (Å²) < 4.78 is 68.0. The Morgan fingerprint density at radius 3 is 2.43 bits per heavy atom. The van der Waals surface area contributed by atoms with E-state index in [0.717, 1.165) is 10.4 Å². The minimum atomic E-state index is -4.39. The van der Waals surface area contributed by atoms with E-state index in [2.05, 4.69) is 0 Å². The summed E-state index contributed by atoms with van der Waals surface area (Å²) >= 11 is 3.47. The van der Waals surface area contributed by atoms with Crippen LogP contribution in [0.4, 0.5) is 13.2 Å². The average molecular weight is 541 g/mol. The maximum Gasteiger partial charge on any atom is 0.390 e. The van der Waals surface area contributed by atoms with Crippen LogP contribution >= 0.6 is 33.9 Å². The van der Waals surface area contributed by atoms with E-state index in [9.17, 15) is 21.6 Å². The molecule has 28 heavy (non-hydrogen) atoms. The first kappa shape index (κ1) is 21.8. The molecule has 0 N–H and O–H groups in total. The molecule has 1 aliphatic rings. The summed E-state index contributed by atoms with van der Waals surface area (Å²) in [6.07, 6.45) is -5.46. The first-order valence-corrected chi connectivity index (χ1v) is 11.9. The third-order valence-corrected chi connectivity index (χ3v) is 9.13. The van der Waals surface area contributed by atoms with Crippen molar-refractivity contribution >= 4 is 47.5 Å². The highest BCUT2D eigenvalue weighted by Crippen LogP contribution is 2.49. The van der Waals surface area contributed by atoms with Crippen molar-refractivity contribution in [3.63, 3.8) is 0 Å². The van der Waals surface area contributed by atoms with Gasteiger partial charge in [0, 0.05) is 27.0 Å². The number of aryl methyl sites for hydroxylation is 1. The van der Waals surface area contributed by atoms with Crippen molar-refractivity contribution < 1.29 is 21.6 Å². The highest BCUT2D eigenvalue weighted by Gasteiger charge is 2.50. The fraction of sp³-hybridized carbons (Fsp3) is 0.368. The smallest absolute Gasteiger partial charge is 0.207 e. The fourth-order valence-corrected chi connectivity index (χ4v) is 7.03. The molecule has 1 fully saturated rings. The normalized spacial score (nSPS) is 23.2. The van der Waals surface area contributed by atoms with E-state index in [-0.39, 0.29) is 18.0 Å². The fourth-order valence-electron chi connectivity index (χ4n) is 3.43. The molecule has 0 amide bonds. The second kappa shape index (κ2) is 7.73. The van der Waals surface area contributed by atoms with E-state index < -0.39 is 28.0 Å². The number of alkyl halides is 3. The van der Waals surface area contributed by atoms with Gasteiger partial charge in [-0.15, -0.1) is 11.3 Å². The van der Waals surface area contributed by atoms with Crippen LogP contribution in [-0.4, -0.2) is 32.0 Å². The predicted molar refractivity (Wildman–Crippen MR) is 114 cm³/mol. The molecule has 0 saturated carbocycles. The van der Waals surface area contributed by atoms with E-state index in [0.29, 0.717) is 9.15 Å². The molecule has 2 heterocycles. The molecule has 152 valence electrons. The first-order valence-electron chi connectivity index (χ1n) is 8.49. The quantitative estimate of drug-likeness (QED) is 0.455. The predicted octanol–water partition coefficient (Wildman–Crippen LogP) is 5.87. The number of hydrogen-bond acceptors (Lipinski definition) is 3. The minimum absolute atomic E-state index is 0.0427. The second-order valence-electron chi connectivity index (χ2n) is 7.21. The average Bonchev–Trinajstić information content (AvgIpc) is 3.21. The minimum Gasteiger partial charge on any atom is -0.207 e. The lowest BCUT2D eigenvalue weighted by molar-refractivity contribution is -0.150. The summed E-state index contributed by atoms with van der Waals surface area (Å²) in [7, 11) is -3.89. The molecule has 0 bridgehead atoms. The first-order chi connectivity index (χ1) is 12.9. The van der Waals surface area contributed by atoms with Gasteiger partial charge in [-0.25, -0.2) is 8.42 Å². The molecule has 0 unspecified atom stereocenters. The lowest BCUT2D eigenvalue weighted by atomic mass is 9.81. The molecule has 3 nitrogen and oxygen atoms in total. The molecule has 1 aromatic carbocycles. The Bertz CT molecular complexity index is 983. The number of benzene rings is 1. The number of hydrogen-bond donors (Lipinski definition) is 0. The van der Waals surface area contributed by atoms with E-state index >= 15 is 0 Å². The third-order valence-electron chi connectivity index (χ3n) is 4.84. The molecule has 0 spiro atoms. The van der Waals surface area contributed by atoms with Crippen LogP contribution in [0.3, 0.4) is 0 Å². The molecule has 1 atom stereocenters. The summed E-state index contributed by atoms with van der Waals surface area (Å²) in [5.74, 6) is 0. The maximum atomic E-state index is 13.3. The van der Waals surface area contributed by atoms with Crippen molar-refractivity contribution in [3.8, 4) is 0 Å². The molecule has 0 aliphatic carbocycles. The molecule has 1 aromatic heterocycles. The number of thiophene rings is 1. The van der Waals surface area contributed by atoms with Gasteiger partial charge < -0.3 is 0 Å². The van der Waals surface area contributed by atoms with Crippen molar-refractivity contribution in [3.05, 3.63) is 57.8 Å². The van der Waals surface area contributed by atoms with Crippen molar-refractivity contribution in [1.29, 1.82) is 0 Å². The van der Waals surface area contributed by atoms with Crippen molar-refractivity contribution in [2.75, 3.05) is 13.1 Å². The standard InChI is InChI=1S/C19H19F3INO2S2/c1-13-5-7-14(8-6-13)28(25,26)24-10-15(17(23)16-4-3-9-27-16)18(2,12-24)11-19(20,21)22/h3-9H,10-12H2,1-2H3/b17-15+/t18-/m0/s1. The second-order valence-corrected chi connectivity index (χ2v) is 11.2. The van der Waals surface area contributed by atoms with Crippen LogP contribution in [0.2, 0.25) is 0 Å². The van der Waals surface area contributed by atoms with Gasteiger partial charge in [0.05, 0.1) is 11.3 Å². The van der Waals surface area contributed by atoms with Crippen LogP contribution in [0.1, 0.15) is 23.8 Å². The van der Waals surface area contributed by atoms with Crippen molar-refractivity contribution in [2.45, 2.75) is 31.3 Å².